The number of hydrogen-bond donors (Lipinski definition) is 0. The lowest BCUT2D eigenvalue weighted by Gasteiger charge is -2.09. The Kier molecular flexibility index (Phi) is 6.34. The van der Waals surface area contributed by atoms with E-state index in [2.05, 4.69) is 13.8 Å². The first kappa shape index (κ1) is 13.0. The third-order valence-electron chi connectivity index (χ3n) is 2.87. The largest absolute Gasteiger partial charge is 0.378 e. The third kappa shape index (κ3) is 5.57. The van der Waals surface area contributed by atoms with Crippen LogP contribution in [0.25, 0.3) is 0 Å². The molecule has 1 heterocycles. The Morgan fingerprint density at radius 1 is 1.60 bits per heavy atom. The zero-order valence-corrected chi connectivity index (χ0v) is 10.6. The second-order valence-electron chi connectivity index (χ2n) is 4.24. The Bertz CT molecular complexity index is 188. The molecule has 1 aliphatic heterocycles. The molecule has 1 aliphatic rings. The average molecular weight is 230 g/mol. The van der Waals surface area contributed by atoms with E-state index in [1.165, 1.54) is 6.42 Å². The molecule has 2 atom stereocenters. The lowest BCUT2D eigenvalue weighted by Crippen LogP contribution is -2.11. The summed E-state index contributed by atoms with van der Waals surface area (Å²) in [5.74, 6) is 1.07. The van der Waals surface area contributed by atoms with E-state index in [1.54, 1.807) is 11.8 Å². The zero-order valence-electron chi connectivity index (χ0n) is 9.83. The molecule has 0 aromatic rings. The van der Waals surface area contributed by atoms with Crippen LogP contribution in [-0.4, -0.2) is 29.5 Å². The molecule has 0 aromatic carbocycles. The third-order valence-corrected chi connectivity index (χ3v) is 4.26. The van der Waals surface area contributed by atoms with Gasteiger partial charge in [0.2, 0.25) is 0 Å². The molecular weight excluding hydrogens is 208 g/mol. The lowest BCUT2D eigenvalue weighted by atomic mass is 10.1. The molecule has 1 saturated heterocycles. The Morgan fingerprint density at radius 3 is 3.00 bits per heavy atom. The number of ether oxygens (including phenoxy) is 1. The summed E-state index contributed by atoms with van der Waals surface area (Å²) in [7, 11) is 0. The highest BCUT2D eigenvalue weighted by atomic mass is 32.2. The standard InChI is InChI=1S/C12H22O2S/c1-3-10(2)15-9-11(13)6-7-12-5-4-8-14-12/h10,12H,3-9H2,1-2H3. The van der Waals surface area contributed by atoms with Crippen molar-refractivity contribution in [3.63, 3.8) is 0 Å². The van der Waals surface area contributed by atoms with Crippen molar-refractivity contribution in [3.8, 4) is 0 Å². The second-order valence-corrected chi connectivity index (χ2v) is 5.67. The lowest BCUT2D eigenvalue weighted by molar-refractivity contribution is -0.117. The molecule has 0 bridgehead atoms. The molecule has 15 heavy (non-hydrogen) atoms. The van der Waals surface area contributed by atoms with Gasteiger partial charge in [0, 0.05) is 18.3 Å². The molecule has 0 aromatic heterocycles. The van der Waals surface area contributed by atoms with Gasteiger partial charge in [0.1, 0.15) is 5.78 Å². The molecule has 0 radical (unpaired) electrons. The van der Waals surface area contributed by atoms with Crippen LogP contribution in [-0.2, 0) is 9.53 Å². The zero-order chi connectivity index (χ0) is 11.1. The number of carbonyl (C=O) groups is 1. The maximum Gasteiger partial charge on any atom is 0.142 e. The van der Waals surface area contributed by atoms with Crippen molar-refractivity contribution in [1.82, 2.24) is 0 Å². The van der Waals surface area contributed by atoms with Gasteiger partial charge in [-0.15, -0.1) is 0 Å². The van der Waals surface area contributed by atoms with Crippen molar-refractivity contribution in [2.45, 2.75) is 57.3 Å². The molecule has 0 N–H and O–H groups in total. The van der Waals surface area contributed by atoms with E-state index >= 15 is 0 Å². The predicted octanol–water partition coefficient (Wildman–Crippen LogP) is 3.05. The van der Waals surface area contributed by atoms with Crippen molar-refractivity contribution in [3.05, 3.63) is 0 Å². The molecule has 2 unspecified atom stereocenters. The van der Waals surface area contributed by atoms with E-state index < -0.39 is 0 Å². The smallest absolute Gasteiger partial charge is 0.142 e. The van der Waals surface area contributed by atoms with Gasteiger partial charge in [-0.25, -0.2) is 0 Å². The summed E-state index contributed by atoms with van der Waals surface area (Å²) in [5.41, 5.74) is 0. The van der Waals surface area contributed by atoms with E-state index in [0.717, 1.165) is 25.9 Å². The van der Waals surface area contributed by atoms with Crippen LogP contribution in [0, 0.1) is 0 Å². The summed E-state index contributed by atoms with van der Waals surface area (Å²) in [4.78, 5) is 11.5. The number of carbonyl (C=O) groups excluding carboxylic acids is 1. The van der Waals surface area contributed by atoms with Gasteiger partial charge < -0.3 is 4.74 Å². The van der Waals surface area contributed by atoms with Crippen LogP contribution in [0.3, 0.4) is 0 Å². The van der Waals surface area contributed by atoms with Crippen molar-refractivity contribution >= 4 is 17.5 Å². The van der Waals surface area contributed by atoms with Gasteiger partial charge in [0.25, 0.3) is 0 Å². The maximum absolute atomic E-state index is 11.5. The van der Waals surface area contributed by atoms with Crippen LogP contribution in [0.15, 0.2) is 0 Å². The number of Topliss-reactive ketones (excluding diaryl/α,β-unsaturated/α-hetero) is 1. The molecule has 0 spiro atoms. The first-order valence-electron chi connectivity index (χ1n) is 5.97. The van der Waals surface area contributed by atoms with Crippen molar-refractivity contribution in [2.24, 2.45) is 0 Å². The van der Waals surface area contributed by atoms with E-state index in [-0.39, 0.29) is 0 Å². The summed E-state index contributed by atoms with van der Waals surface area (Å²) < 4.78 is 5.49. The van der Waals surface area contributed by atoms with Crippen molar-refractivity contribution in [1.29, 1.82) is 0 Å². The molecule has 0 amide bonds. The van der Waals surface area contributed by atoms with Gasteiger partial charge in [0.15, 0.2) is 0 Å². The monoisotopic (exact) mass is 230 g/mol. The highest BCUT2D eigenvalue weighted by molar-refractivity contribution is 8.00. The first-order chi connectivity index (χ1) is 7.22. The molecule has 1 fully saturated rings. The molecule has 88 valence electrons. The minimum Gasteiger partial charge on any atom is -0.378 e. The van der Waals surface area contributed by atoms with Crippen LogP contribution in [0.1, 0.15) is 46.0 Å². The maximum atomic E-state index is 11.5. The van der Waals surface area contributed by atoms with Crippen LogP contribution in [0.4, 0.5) is 0 Å². The van der Waals surface area contributed by atoms with Gasteiger partial charge in [-0.3, -0.25) is 4.79 Å². The SMILES string of the molecule is CCC(C)SCC(=O)CCC1CCCO1. The highest BCUT2D eigenvalue weighted by Crippen LogP contribution is 2.19. The van der Waals surface area contributed by atoms with E-state index in [4.69, 9.17) is 4.74 Å². The van der Waals surface area contributed by atoms with Crippen LogP contribution >= 0.6 is 11.8 Å². The Hall–Kier alpha value is -0.0200. The number of thioether (sulfide) groups is 1. The summed E-state index contributed by atoms with van der Waals surface area (Å²) >= 11 is 1.78. The predicted molar refractivity (Wildman–Crippen MR) is 65.4 cm³/mol. The van der Waals surface area contributed by atoms with Gasteiger partial charge in [-0.2, -0.15) is 11.8 Å². The van der Waals surface area contributed by atoms with Crippen molar-refractivity contribution in [2.75, 3.05) is 12.4 Å². The number of hydrogen-bond acceptors (Lipinski definition) is 3. The van der Waals surface area contributed by atoms with Gasteiger partial charge in [-0.05, 0) is 25.7 Å². The molecule has 0 saturated carbocycles. The molecule has 1 rings (SSSR count). The summed E-state index contributed by atoms with van der Waals surface area (Å²) in [5, 5.41) is 0.608. The topological polar surface area (TPSA) is 26.3 Å². The summed E-state index contributed by atoms with van der Waals surface area (Å²) in [6.07, 6.45) is 5.45. The Labute approximate surface area is 97.1 Å². The fourth-order valence-electron chi connectivity index (χ4n) is 1.62. The van der Waals surface area contributed by atoms with Gasteiger partial charge in [-0.1, -0.05) is 13.8 Å². The highest BCUT2D eigenvalue weighted by Gasteiger charge is 2.16. The van der Waals surface area contributed by atoms with E-state index in [9.17, 15) is 4.79 Å². The van der Waals surface area contributed by atoms with Gasteiger partial charge in [0.05, 0.1) is 11.9 Å². The number of rotatable bonds is 7. The second kappa shape index (κ2) is 7.29. The number of ketones is 1. The Balaban J connectivity index is 2.02. The van der Waals surface area contributed by atoms with E-state index in [1.807, 2.05) is 0 Å². The first-order valence-corrected chi connectivity index (χ1v) is 7.02. The van der Waals surface area contributed by atoms with Crippen molar-refractivity contribution < 1.29 is 9.53 Å². The Morgan fingerprint density at radius 2 is 2.40 bits per heavy atom. The fraction of sp³-hybridized carbons (Fsp3) is 0.917. The minimum absolute atomic E-state index is 0.363. The molecule has 0 aliphatic carbocycles. The molecule has 2 nitrogen and oxygen atoms in total. The normalized spacial score (nSPS) is 22.9. The molecule has 3 heteroatoms. The van der Waals surface area contributed by atoms with Crippen LogP contribution in [0.5, 0.6) is 0 Å². The van der Waals surface area contributed by atoms with Crippen LogP contribution < -0.4 is 0 Å². The minimum atomic E-state index is 0.363. The fourth-order valence-corrected chi connectivity index (χ4v) is 2.47. The average Bonchev–Trinajstić information content (AvgIpc) is 2.75. The van der Waals surface area contributed by atoms with Gasteiger partial charge >= 0.3 is 0 Å². The molecular formula is C12H22O2S. The summed E-state index contributed by atoms with van der Waals surface area (Å²) in [6, 6.07) is 0. The van der Waals surface area contributed by atoms with Crippen LogP contribution in [0.2, 0.25) is 0 Å². The summed E-state index contributed by atoms with van der Waals surface area (Å²) in [6.45, 7) is 5.23. The van der Waals surface area contributed by atoms with E-state index in [0.29, 0.717) is 29.3 Å². The quantitative estimate of drug-likeness (QED) is 0.672.